The van der Waals surface area contributed by atoms with E-state index in [9.17, 15) is 4.79 Å². The molecule has 15 heavy (non-hydrogen) atoms. The first-order chi connectivity index (χ1) is 7.16. The number of nitrogens with zero attached hydrogens (tertiary/aromatic N) is 1. The first-order valence-electron chi connectivity index (χ1n) is 5.25. The molecular formula is C12H16N2O. The lowest BCUT2D eigenvalue weighted by molar-refractivity contribution is -0.127. The van der Waals surface area contributed by atoms with Gasteiger partial charge < -0.3 is 10.2 Å². The van der Waals surface area contributed by atoms with Crippen LogP contribution in [0.25, 0.3) is 0 Å². The molecule has 1 aromatic carbocycles. The maximum Gasteiger partial charge on any atom is 0.224 e. The molecule has 0 spiro atoms. The predicted octanol–water partition coefficient (Wildman–Crippen LogP) is 1.99. The molecule has 0 radical (unpaired) electrons. The van der Waals surface area contributed by atoms with Crippen molar-refractivity contribution in [3.8, 4) is 0 Å². The topological polar surface area (TPSA) is 32.3 Å². The van der Waals surface area contributed by atoms with E-state index in [1.54, 1.807) is 4.90 Å². The quantitative estimate of drug-likeness (QED) is 0.799. The van der Waals surface area contributed by atoms with Crippen LogP contribution in [0.5, 0.6) is 0 Å². The number of benzene rings is 1. The minimum absolute atomic E-state index is 0.153. The Labute approximate surface area is 90.1 Å². The van der Waals surface area contributed by atoms with Gasteiger partial charge in [0.2, 0.25) is 5.91 Å². The molecule has 80 valence electrons. The van der Waals surface area contributed by atoms with E-state index in [-0.39, 0.29) is 12.1 Å². The first kappa shape index (κ1) is 10.0. The third kappa shape index (κ3) is 2.12. The largest absolute Gasteiger partial charge is 0.365 e. The van der Waals surface area contributed by atoms with Crippen molar-refractivity contribution < 1.29 is 4.79 Å². The number of aryl methyl sites for hydroxylation is 1. The Morgan fingerprint density at radius 1 is 1.33 bits per heavy atom. The molecule has 0 aliphatic carbocycles. The van der Waals surface area contributed by atoms with Crippen molar-refractivity contribution in [1.82, 2.24) is 4.90 Å². The number of rotatable bonds is 2. The maximum atomic E-state index is 11.3. The predicted molar refractivity (Wildman–Crippen MR) is 60.6 cm³/mol. The smallest absolute Gasteiger partial charge is 0.224 e. The van der Waals surface area contributed by atoms with Crippen molar-refractivity contribution in [1.29, 1.82) is 0 Å². The summed E-state index contributed by atoms with van der Waals surface area (Å²) in [4.78, 5) is 13.1. The van der Waals surface area contributed by atoms with Gasteiger partial charge in [-0.05, 0) is 25.5 Å². The van der Waals surface area contributed by atoms with Crippen LogP contribution in [0.15, 0.2) is 24.3 Å². The van der Waals surface area contributed by atoms with Crippen LogP contribution in [-0.2, 0) is 4.79 Å². The van der Waals surface area contributed by atoms with Crippen LogP contribution in [0.2, 0.25) is 0 Å². The zero-order chi connectivity index (χ0) is 10.8. The van der Waals surface area contributed by atoms with Crippen molar-refractivity contribution in [2.45, 2.75) is 25.9 Å². The zero-order valence-electron chi connectivity index (χ0n) is 9.16. The van der Waals surface area contributed by atoms with Gasteiger partial charge in [-0.2, -0.15) is 0 Å². The summed E-state index contributed by atoms with van der Waals surface area (Å²) < 4.78 is 0. The molecule has 3 nitrogen and oxygen atoms in total. The van der Waals surface area contributed by atoms with E-state index in [1.165, 1.54) is 5.56 Å². The second-order valence-electron chi connectivity index (χ2n) is 4.07. The van der Waals surface area contributed by atoms with E-state index in [4.69, 9.17) is 0 Å². The van der Waals surface area contributed by atoms with E-state index in [1.807, 2.05) is 19.2 Å². The van der Waals surface area contributed by atoms with Gasteiger partial charge in [-0.3, -0.25) is 4.79 Å². The maximum absolute atomic E-state index is 11.3. The summed E-state index contributed by atoms with van der Waals surface area (Å²) in [7, 11) is 1.85. The molecule has 2 rings (SSSR count). The van der Waals surface area contributed by atoms with Crippen molar-refractivity contribution in [3.63, 3.8) is 0 Å². The number of anilines is 1. The Morgan fingerprint density at radius 3 is 2.53 bits per heavy atom. The highest BCUT2D eigenvalue weighted by atomic mass is 16.2. The second kappa shape index (κ2) is 3.93. The highest BCUT2D eigenvalue weighted by Gasteiger charge is 2.26. The van der Waals surface area contributed by atoms with Crippen LogP contribution in [0.3, 0.4) is 0 Å². The summed E-state index contributed by atoms with van der Waals surface area (Å²) in [5.74, 6) is 0.222. The normalized spacial score (nSPS) is 20.8. The van der Waals surface area contributed by atoms with Crippen molar-refractivity contribution in [2.24, 2.45) is 0 Å². The molecule has 1 aliphatic rings. The summed E-state index contributed by atoms with van der Waals surface area (Å²) in [6, 6.07) is 8.23. The molecule has 1 fully saturated rings. The van der Waals surface area contributed by atoms with Crippen molar-refractivity contribution in [2.75, 3.05) is 12.4 Å². The van der Waals surface area contributed by atoms with Crippen LogP contribution in [0.4, 0.5) is 5.69 Å². The summed E-state index contributed by atoms with van der Waals surface area (Å²) >= 11 is 0. The fourth-order valence-electron chi connectivity index (χ4n) is 1.82. The fraction of sp³-hybridized carbons (Fsp3) is 0.417. The minimum atomic E-state index is 0.153. The van der Waals surface area contributed by atoms with Crippen LogP contribution in [0.1, 0.15) is 18.4 Å². The van der Waals surface area contributed by atoms with Gasteiger partial charge in [0.1, 0.15) is 6.17 Å². The summed E-state index contributed by atoms with van der Waals surface area (Å²) in [5.41, 5.74) is 2.32. The van der Waals surface area contributed by atoms with Gasteiger partial charge in [0.15, 0.2) is 0 Å². The molecule has 1 heterocycles. The Bertz CT molecular complexity index is 358. The summed E-state index contributed by atoms with van der Waals surface area (Å²) in [5, 5.41) is 3.35. The lowest BCUT2D eigenvalue weighted by Gasteiger charge is -2.22. The summed E-state index contributed by atoms with van der Waals surface area (Å²) in [6.45, 7) is 2.06. The van der Waals surface area contributed by atoms with E-state index in [0.717, 1.165) is 12.1 Å². The van der Waals surface area contributed by atoms with Crippen LogP contribution in [0, 0.1) is 6.92 Å². The van der Waals surface area contributed by atoms with Crippen LogP contribution < -0.4 is 5.32 Å². The van der Waals surface area contributed by atoms with Gasteiger partial charge in [0.25, 0.3) is 0 Å². The van der Waals surface area contributed by atoms with Gasteiger partial charge in [-0.1, -0.05) is 17.7 Å². The molecule has 1 aromatic rings. The van der Waals surface area contributed by atoms with Crippen LogP contribution in [-0.4, -0.2) is 24.0 Å². The molecule has 0 saturated carbocycles. The molecule has 0 bridgehead atoms. The number of hydrogen-bond donors (Lipinski definition) is 1. The Morgan fingerprint density at radius 2 is 2.00 bits per heavy atom. The molecule has 1 aliphatic heterocycles. The highest BCUT2D eigenvalue weighted by Crippen LogP contribution is 2.19. The highest BCUT2D eigenvalue weighted by molar-refractivity contribution is 5.78. The average molecular weight is 204 g/mol. The number of nitrogens with one attached hydrogen (secondary N) is 1. The number of hydrogen-bond acceptors (Lipinski definition) is 2. The number of amides is 1. The molecular weight excluding hydrogens is 188 g/mol. The molecule has 1 amide bonds. The van der Waals surface area contributed by atoms with Crippen molar-refractivity contribution in [3.05, 3.63) is 29.8 Å². The molecule has 1 N–H and O–H groups in total. The Hall–Kier alpha value is -1.51. The number of carbonyl (C=O) groups is 1. The molecule has 0 aromatic heterocycles. The van der Waals surface area contributed by atoms with Gasteiger partial charge in [-0.15, -0.1) is 0 Å². The van der Waals surface area contributed by atoms with E-state index in [0.29, 0.717) is 6.42 Å². The van der Waals surface area contributed by atoms with Gasteiger partial charge in [0.05, 0.1) is 0 Å². The number of carbonyl (C=O) groups excluding carboxylic acids is 1. The monoisotopic (exact) mass is 204 g/mol. The van der Waals surface area contributed by atoms with Crippen LogP contribution >= 0.6 is 0 Å². The standard InChI is InChI=1S/C12H16N2O/c1-9-3-5-10(6-4-9)13-11-7-8-12(15)14(11)2/h3-6,11,13H,7-8H2,1-2H3. The van der Waals surface area contributed by atoms with E-state index >= 15 is 0 Å². The van der Waals surface area contributed by atoms with Gasteiger partial charge >= 0.3 is 0 Å². The molecule has 1 saturated heterocycles. The molecule has 3 heteroatoms. The van der Waals surface area contributed by atoms with Crippen molar-refractivity contribution >= 4 is 11.6 Å². The lowest BCUT2D eigenvalue weighted by atomic mass is 10.2. The van der Waals surface area contributed by atoms with E-state index < -0.39 is 0 Å². The third-order valence-electron chi connectivity index (χ3n) is 2.88. The molecule has 1 unspecified atom stereocenters. The zero-order valence-corrected chi connectivity index (χ0v) is 9.16. The first-order valence-corrected chi connectivity index (χ1v) is 5.25. The minimum Gasteiger partial charge on any atom is -0.365 e. The number of likely N-dealkylation sites (tertiary alicyclic amines) is 1. The second-order valence-corrected chi connectivity index (χ2v) is 4.07. The third-order valence-corrected chi connectivity index (χ3v) is 2.88. The SMILES string of the molecule is Cc1ccc(NC2CCC(=O)N2C)cc1. The fourth-order valence-corrected chi connectivity index (χ4v) is 1.82. The average Bonchev–Trinajstić information content (AvgIpc) is 2.53. The molecule has 1 atom stereocenters. The lowest BCUT2D eigenvalue weighted by Crippen LogP contribution is -2.34. The Balaban J connectivity index is 2.03. The summed E-state index contributed by atoms with van der Waals surface area (Å²) in [6.07, 6.45) is 1.70. The Kier molecular flexibility index (Phi) is 2.62. The van der Waals surface area contributed by atoms with E-state index in [2.05, 4.69) is 24.4 Å². The van der Waals surface area contributed by atoms with Gasteiger partial charge in [0, 0.05) is 19.2 Å². The van der Waals surface area contributed by atoms with Gasteiger partial charge in [-0.25, -0.2) is 0 Å².